The summed E-state index contributed by atoms with van der Waals surface area (Å²) in [7, 11) is 0. The van der Waals surface area contributed by atoms with Crippen LogP contribution in [0.1, 0.15) is 38.6 Å². The van der Waals surface area contributed by atoms with Gasteiger partial charge in [0.15, 0.2) is 6.61 Å². The Hall–Kier alpha value is -3.95. The van der Waals surface area contributed by atoms with Gasteiger partial charge in [-0.05, 0) is 66.6 Å². The van der Waals surface area contributed by atoms with Crippen molar-refractivity contribution >= 4 is 23.2 Å². The monoisotopic (exact) mass is 644 g/mol. The fourth-order valence-electron chi connectivity index (χ4n) is 5.74. The Morgan fingerprint density at radius 2 is 1.98 bits per heavy atom. The van der Waals surface area contributed by atoms with Gasteiger partial charge in [-0.3, -0.25) is 4.68 Å². The molecule has 4 heterocycles. The molecule has 6 rings (SSSR count). The van der Waals surface area contributed by atoms with Gasteiger partial charge in [0.05, 0.1) is 36.5 Å². The van der Waals surface area contributed by atoms with Gasteiger partial charge in [-0.1, -0.05) is 17.7 Å². The lowest BCUT2D eigenvalue weighted by Crippen LogP contribution is -2.43. The number of ether oxygens (including phenoxy) is 3. The predicted molar refractivity (Wildman–Crippen MR) is 161 cm³/mol. The summed E-state index contributed by atoms with van der Waals surface area (Å²) >= 11 is 6.40. The van der Waals surface area contributed by atoms with Gasteiger partial charge in [0.2, 0.25) is 5.95 Å². The molecule has 0 spiro atoms. The predicted octanol–water partition coefficient (Wildman–Crippen LogP) is 4.55. The molecule has 0 amide bonds. The highest BCUT2D eigenvalue weighted by atomic mass is 35.5. The third-order valence-corrected chi connectivity index (χ3v) is 8.28. The Labute approximate surface area is 263 Å². The fraction of sp³-hybridized carbons (Fsp3) is 0.517. The minimum atomic E-state index is -2.63. The van der Waals surface area contributed by atoms with Gasteiger partial charge in [0.25, 0.3) is 12.3 Å². The van der Waals surface area contributed by atoms with Crippen LogP contribution in [0.4, 0.5) is 20.4 Å². The average molecular weight is 645 g/mol. The fourth-order valence-corrected chi connectivity index (χ4v) is 5.90. The van der Waals surface area contributed by atoms with E-state index in [1.165, 1.54) is 6.33 Å². The number of hydrogen-bond acceptors (Lipinski definition) is 11. The number of alkyl halides is 2. The Bertz CT molecular complexity index is 1510. The summed E-state index contributed by atoms with van der Waals surface area (Å²) in [5.41, 5.74) is 1.95. The molecular weight excluding hydrogens is 610 g/mol. The standard InChI is InChI=1S/C29H35ClF2N10O3/c1-18(14-41-17-36-39-40-41)45-25-10-20(4-7-23(25)30)21-11-34-29(35-12-21)37-24-15-42(38-28(24)44-16-27(31)32)22-5-2-19(3-6-22)26-13-33-8-9-43-26/h4,7,10-12,15,17-19,22,26-27,33H,2-3,5-6,8-9,13-14,16H2,1H3,(H,34,35,37)/t18?,19-,22-,26?. The lowest BCUT2D eigenvalue weighted by atomic mass is 9.82. The molecule has 4 aromatic rings. The van der Waals surface area contributed by atoms with Gasteiger partial charge >= 0.3 is 0 Å². The smallest absolute Gasteiger partial charge is 0.272 e. The van der Waals surface area contributed by atoms with Gasteiger partial charge in [0.1, 0.15) is 23.9 Å². The second-order valence-corrected chi connectivity index (χ2v) is 11.6. The lowest BCUT2D eigenvalue weighted by Gasteiger charge is -2.35. The van der Waals surface area contributed by atoms with E-state index < -0.39 is 13.0 Å². The molecule has 1 saturated heterocycles. The van der Waals surface area contributed by atoms with Crippen LogP contribution in [-0.2, 0) is 11.3 Å². The van der Waals surface area contributed by atoms with E-state index in [4.69, 9.17) is 25.8 Å². The normalized spacial score (nSPS) is 21.0. The average Bonchev–Trinajstić information content (AvgIpc) is 3.72. The zero-order valence-electron chi connectivity index (χ0n) is 24.7. The molecule has 1 saturated carbocycles. The maximum Gasteiger partial charge on any atom is 0.272 e. The van der Waals surface area contributed by atoms with Gasteiger partial charge in [0, 0.05) is 31.0 Å². The largest absolute Gasteiger partial charge is 0.487 e. The van der Waals surface area contributed by atoms with Gasteiger partial charge in [-0.15, -0.1) is 10.2 Å². The van der Waals surface area contributed by atoms with Crippen molar-refractivity contribution in [3.05, 3.63) is 48.1 Å². The zero-order valence-corrected chi connectivity index (χ0v) is 25.5. The van der Waals surface area contributed by atoms with Crippen molar-refractivity contribution in [1.82, 2.24) is 45.3 Å². The number of rotatable bonds is 12. The van der Waals surface area contributed by atoms with Crippen LogP contribution in [0.3, 0.4) is 0 Å². The maximum absolute atomic E-state index is 13.0. The van der Waals surface area contributed by atoms with Crippen LogP contribution in [0.2, 0.25) is 5.02 Å². The molecule has 13 nitrogen and oxygen atoms in total. The van der Waals surface area contributed by atoms with E-state index in [2.05, 4.69) is 41.2 Å². The molecule has 16 heteroatoms. The van der Waals surface area contributed by atoms with Crippen LogP contribution in [0.15, 0.2) is 43.1 Å². The lowest BCUT2D eigenvalue weighted by molar-refractivity contribution is -0.0229. The number of nitrogens with one attached hydrogen (secondary N) is 2. The van der Waals surface area contributed by atoms with Crippen molar-refractivity contribution in [2.45, 2.75) is 63.8 Å². The third kappa shape index (κ3) is 8.02. The molecule has 1 aromatic carbocycles. The number of benzene rings is 1. The highest BCUT2D eigenvalue weighted by Crippen LogP contribution is 2.37. The quantitative estimate of drug-likeness (QED) is 0.224. The van der Waals surface area contributed by atoms with E-state index in [1.54, 1.807) is 29.3 Å². The summed E-state index contributed by atoms with van der Waals surface area (Å²) in [6.07, 6.45) is 7.79. The van der Waals surface area contributed by atoms with Crippen LogP contribution in [-0.4, -0.2) is 84.9 Å². The molecule has 2 N–H and O–H groups in total. The SMILES string of the molecule is CC(Cn1cnnn1)Oc1cc(-c2cnc(Nc3cn([C@H]4CC[C@H](C5CNCCO5)CC4)nc3OCC(F)F)nc2)ccc1Cl. The van der Waals surface area contributed by atoms with Crippen LogP contribution in [0.25, 0.3) is 11.1 Å². The van der Waals surface area contributed by atoms with Crippen LogP contribution in [0.5, 0.6) is 11.6 Å². The highest BCUT2D eigenvalue weighted by Gasteiger charge is 2.31. The van der Waals surface area contributed by atoms with Crippen LogP contribution in [0, 0.1) is 5.92 Å². The Kier molecular flexibility index (Phi) is 9.96. The molecule has 1 aliphatic heterocycles. The summed E-state index contributed by atoms with van der Waals surface area (Å²) in [4.78, 5) is 8.90. The number of anilines is 2. The van der Waals surface area contributed by atoms with Crippen molar-refractivity contribution in [1.29, 1.82) is 0 Å². The minimum Gasteiger partial charge on any atom is -0.487 e. The molecular formula is C29H35ClF2N10O3. The first-order chi connectivity index (χ1) is 21.9. The van der Waals surface area contributed by atoms with Crippen LogP contribution >= 0.6 is 11.6 Å². The summed E-state index contributed by atoms with van der Waals surface area (Å²) in [6, 6.07) is 5.53. The second kappa shape index (κ2) is 14.4. The van der Waals surface area contributed by atoms with E-state index in [0.29, 0.717) is 28.9 Å². The summed E-state index contributed by atoms with van der Waals surface area (Å²) < 4.78 is 46.8. The number of tetrazole rings is 1. The molecule has 2 aliphatic rings. The number of halogens is 3. The van der Waals surface area contributed by atoms with Crippen molar-refractivity contribution in [3.8, 4) is 22.8 Å². The minimum absolute atomic E-state index is 0.0835. The third-order valence-electron chi connectivity index (χ3n) is 7.97. The van der Waals surface area contributed by atoms with Gasteiger partial charge in [-0.25, -0.2) is 23.4 Å². The Morgan fingerprint density at radius 3 is 2.69 bits per heavy atom. The van der Waals surface area contributed by atoms with Crippen LogP contribution < -0.4 is 20.1 Å². The second-order valence-electron chi connectivity index (χ2n) is 11.2. The molecule has 2 atom stereocenters. The van der Waals surface area contributed by atoms with E-state index in [0.717, 1.165) is 56.5 Å². The molecule has 0 radical (unpaired) electrons. The van der Waals surface area contributed by atoms with Gasteiger partial charge < -0.3 is 24.8 Å². The van der Waals surface area contributed by atoms with Gasteiger partial charge in [-0.2, -0.15) is 0 Å². The molecule has 0 bridgehead atoms. The number of morpholine rings is 1. The number of hydrogen-bond donors (Lipinski definition) is 2. The molecule has 45 heavy (non-hydrogen) atoms. The first kappa shape index (κ1) is 31.0. The molecule has 240 valence electrons. The molecule has 1 aliphatic carbocycles. The first-order valence-corrected chi connectivity index (χ1v) is 15.4. The van der Waals surface area contributed by atoms with E-state index in [-0.39, 0.29) is 30.1 Å². The van der Waals surface area contributed by atoms with Crippen molar-refractivity contribution in [2.75, 3.05) is 31.6 Å². The number of nitrogens with zero attached hydrogens (tertiary/aromatic N) is 8. The number of aromatic nitrogens is 8. The van der Waals surface area contributed by atoms with E-state index in [1.807, 2.05) is 23.7 Å². The van der Waals surface area contributed by atoms with E-state index >= 15 is 0 Å². The van der Waals surface area contributed by atoms with Crippen molar-refractivity contribution in [2.24, 2.45) is 5.92 Å². The Morgan fingerprint density at radius 1 is 1.16 bits per heavy atom. The molecule has 2 fully saturated rings. The summed E-state index contributed by atoms with van der Waals surface area (Å²) in [5, 5.41) is 22.6. The first-order valence-electron chi connectivity index (χ1n) is 15.0. The Balaban J connectivity index is 1.12. The summed E-state index contributed by atoms with van der Waals surface area (Å²) in [5.74, 6) is 1.35. The van der Waals surface area contributed by atoms with Crippen molar-refractivity contribution < 1.29 is 23.0 Å². The summed E-state index contributed by atoms with van der Waals surface area (Å²) in [6.45, 7) is 4.09. The van der Waals surface area contributed by atoms with Crippen molar-refractivity contribution in [3.63, 3.8) is 0 Å². The highest BCUT2D eigenvalue weighted by molar-refractivity contribution is 6.32. The van der Waals surface area contributed by atoms with E-state index in [9.17, 15) is 8.78 Å². The molecule has 3 aromatic heterocycles. The molecule has 2 unspecified atom stereocenters. The maximum atomic E-state index is 13.0. The topological polar surface area (TPSA) is 139 Å². The zero-order chi connectivity index (χ0) is 31.2.